The Bertz CT molecular complexity index is 388. The van der Waals surface area contributed by atoms with Gasteiger partial charge in [-0.3, -0.25) is 4.79 Å². The van der Waals surface area contributed by atoms with Crippen molar-refractivity contribution in [3.05, 3.63) is 17.8 Å². The number of amides is 1. The Morgan fingerprint density at radius 3 is 3.11 bits per heavy atom. The zero-order valence-electron chi connectivity index (χ0n) is 10.6. The van der Waals surface area contributed by atoms with Gasteiger partial charge < -0.3 is 15.1 Å². The van der Waals surface area contributed by atoms with Crippen LogP contribution in [-0.4, -0.2) is 42.5 Å². The van der Waals surface area contributed by atoms with Gasteiger partial charge in [-0.1, -0.05) is 0 Å². The lowest BCUT2D eigenvalue weighted by Crippen LogP contribution is -2.27. The van der Waals surface area contributed by atoms with Crippen LogP contribution >= 0.6 is 11.8 Å². The third-order valence-electron chi connectivity index (χ3n) is 3.03. The van der Waals surface area contributed by atoms with Crippen molar-refractivity contribution in [3.8, 4) is 0 Å². The first-order valence-electron chi connectivity index (χ1n) is 6.24. The summed E-state index contributed by atoms with van der Waals surface area (Å²) < 4.78 is 5.43. The van der Waals surface area contributed by atoms with Crippen LogP contribution in [0, 0.1) is 0 Å². The number of aromatic nitrogens is 1. The van der Waals surface area contributed by atoms with Gasteiger partial charge in [0.1, 0.15) is 6.26 Å². The molecular weight excluding hydrogens is 250 g/mol. The SMILES string of the molecule is CSCCNC(=O)c1coc(C2CCNCC2)n1. The molecule has 0 radical (unpaired) electrons. The molecule has 0 bridgehead atoms. The first-order valence-corrected chi connectivity index (χ1v) is 7.64. The van der Waals surface area contributed by atoms with E-state index in [-0.39, 0.29) is 5.91 Å². The maximum atomic E-state index is 11.8. The summed E-state index contributed by atoms with van der Waals surface area (Å²) in [5, 5.41) is 6.12. The van der Waals surface area contributed by atoms with Gasteiger partial charge in [-0.25, -0.2) is 4.98 Å². The molecule has 5 nitrogen and oxygen atoms in total. The molecule has 0 aromatic carbocycles. The predicted molar refractivity (Wildman–Crippen MR) is 72.1 cm³/mol. The Hall–Kier alpha value is -1.01. The van der Waals surface area contributed by atoms with E-state index < -0.39 is 0 Å². The minimum absolute atomic E-state index is 0.145. The van der Waals surface area contributed by atoms with Crippen LogP contribution in [0.2, 0.25) is 0 Å². The maximum Gasteiger partial charge on any atom is 0.273 e. The molecule has 0 spiro atoms. The quantitative estimate of drug-likeness (QED) is 0.787. The molecule has 2 heterocycles. The van der Waals surface area contributed by atoms with Crippen LogP contribution in [0.25, 0.3) is 0 Å². The van der Waals surface area contributed by atoms with Crippen LogP contribution < -0.4 is 10.6 Å². The molecule has 0 saturated carbocycles. The molecular formula is C12H19N3O2S. The van der Waals surface area contributed by atoms with E-state index in [9.17, 15) is 4.79 Å². The van der Waals surface area contributed by atoms with Gasteiger partial charge in [0, 0.05) is 18.2 Å². The topological polar surface area (TPSA) is 67.2 Å². The number of carbonyl (C=O) groups excluding carboxylic acids is 1. The molecule has 100 valence electrons. The average molecular weight is 269 g/mol. The molecule has 2 N–H and O–H groups in total. The largest absolute Gasteiger partial charge is 0.448 e. The molecule has 6 heteroatoms. The summed E-state index contributed by atoms with van der Waals surface area (Å²) in [6, 6.07) is 0. The standard InChI is InChI=1S/C12H19N3O2S/c1-18-7-6-14-11(16)10-8-17-12(15-10)9-2-4-13-5-3-9/h8-9,13H,2-7H2,1H3,(H,14,16). The smallest absolute Gasteiger partial charge is 0.273 e. The number of carbonyl (C=O) groups is 1. The first-order chi connectivity index (χ1) is 8.81. The Morgan fingerprint density at radius 1 is 1.61 bits per heavy atom. The Kier molecular flexibility index (Phi) is 5.07. The van der Waals surface area contributed by atoms with Gasteiger partial charge >= 0.3 is 0 Å². The van der Waals surface area contributed by atoms with Crippen molar-refractivity contribution in [1.29, 1.82) is 0 Å². The van der Waals surface area contributed by atoms with Crippen molar-refractivity contribution in [3.63, 3.8) is 0 Å². The predicted octanol–water partition coefficient (Wildman–Crippen LogP) is 1.23. The number of hydrogen-bond donors (Lipinski definition) is 2. The van der Waals surface area contributed by atoms with E-state index in [1.807, 2.05) is 6.26 Å². The summed E-state index contributed by atoms with van der Waals surface area (Å²) in [6.45, 7) is 2.64. The molecule has 1 fully saturated rings. The third kappa shape index (κ3) is 3.49. The maximum absolute atomic E-state index is 11.8. The van der Waals surface area contributed by atoms with E-state index in [0.717, 1.165) is 31.7 Å². The number of oxazole rings is 1. The summed E-state index contributed by atoms with van der Waals surface area (Å²) in [5.41, 5.74) is 0.393. The number of nitrogens with zero attached hydrogens (tertiary/aromatic N) is 1. The summed E-state index contributed by atoms with van der Waals surface area (Å²) in [5.74, 6) is 1.81. The highest BCUT2D eigenvalue weighted by atomic mass is 32.2. The second kappa shape index (κ2) is 6.80. The highest BCUT2D eigenvalue weighted by Crippen LogP contribution is 2.24. The number of hydrogen-bond acceptors (Lipinski definition) is 5. The van der Waals surface area contributed by atoms with E-state index in [4.69, 9.17) is 4.42 Å². The van der Waals surface area contributed by atoms with Gasteiger partial charge in [0.05, 0.1) is 0 Å². The van der Waals surface area contributed by atoms with Crippen LogP contribution in [-0.2, 0) is 0 Å². The van der Waals surface area contributed by atoms with Gasteiger partial charge in [0.15, 0.2) is 11.6 Å². The first kappa shape index (κ1) is 13.4. The fourth-order valence-corrected chi connectivity index (χ4v) is 2.31. The number of thioether (sulfide) groups is 1. The second-order valence-electron chi connectivity index (χ2n) is 4.34. The molecule has 1 amide bonds. The van der Waals surface area contributed by atoms with Gasteiger partial charge in [-0.2, -0.15) is 11.8 Å². The fraction of sp³-hybridized carbons (Fsp3) is 0.667. The molecule has 1 aromatic heterocycles. The molecule has 2 rings (SSSR count). The normalized spacial score (nSPS) is 16.7. The van der Waals surface area contributed by atoms with Gasteiger partial charge in [-0.15, -0.1) is 0 Å². The minimum Gasteiger partial charge on any atom is -0.448 e. The minimum atomic E-state index is -0.145. The van der Waals surface area contributed by atoms with E-state index >= 15 is 0 Å². The molecule has 18 heavy (non-hydrogen) atoms. The van der Waals surface area contributed by atoms with E-state index in [1.54, 1.807) is 11.8 Å². The van der Waals surface area contributed by atoms with Crippen LogP contribution in [0.3, 0.4) is 0 Å². The second-order valence-corrected chi connectivity index (χ2v) is 5.33. The lowest BCUT2D eigenvalue weighted by molar-refractivity contribution is 0.0951. The molecule has 0 unspecified atom stereocenters. The number of nitrogens with one attached hydrogen (secondary N) is 2. The van der Waals surface area contributed by atoms with Crippen molar-refractivity contribution >= 4 is 17.7 Å². The van der Waals surface area contributed by atoms with Gasteiger partial charge in [0.2, 0.25) is 0 Å². The number of rotatable bonds is 5. The van der Waals surface area contributed by atoms with Crippen LogP contribution in [0.4, 0.5) is 0 Å². The zero-order chi connectivity index (χ0) is 12.8. The highest BCUT2D eigenvalue weighted by Gasteiger charge is 2.21. The van der Waals surface area contributed by atoms with E-state index in [2.05, 4.69) is 15.6 Å². The van der Waals surface area contributed by atoms with Crippen molar-refractivity contribution < 1.29 is 9.21 Å². The Morgan fingerprint density at radius 2 is 2.39 bits per heavy atom. The molecule has 1 saturated heterocycles. The summed E-state index contributed by atoms with van der Waals surface area (Å²) in [7, 11) is 0. The fourth-order valence-electron chi connectivity index (χ4n) is 2.01. The number of piperidine rings is 1. The van der Waals surface area contributed by atoms with Crippen molar-refractivity contribution in [1.82, 2.24) is 15.6 Å². The summed E-state index contributed by atoms with van der Waals surface area (Å²) in [6.07, 6.45) is 5.52. The molecule has 1 aromatic rings. The van der Waals surface area contributed by atoms with Gasteiger partial charge in [-0.05, 0) is 32.2 Å². The van der Waals surface area contributed by atoms with Crippen LogP contribution in [0.15, 0.2) is 10.7 Å². The van der Waals surface area contributed by atoms with Crippen molar-refractivity contribution in [2.24, 2.45) is 0 Å². The Labute approximate surface area is 111 Å². The monoisotopic (exact) mass is 269 g/mol. The van der Waals surface area contributed by atoms with Crippen LogP contribution in [0.1, 0.15) is 35.1 Å². The zero-order valence-corrected chi connectivity index (χ0v) is 11.4. The summed E-state index contributed by atoms with van der Waals surface area (Å²) in [4.78, 5) is 16.1. The highest BCUT2D eigenvalue weighted by molar-refractivity contribution is 7.98. The molecule has 0 atom stereocenters. The van der Waals surface area contributed by atoms with Crippen LogP contribution in [0.5, 0.6) is 0 Å². The van der Waals surface area contributed by atoms with Crippen molar-refractivity contribution in [2.45, 2.75) is 18.8 Å². The molecule has 0 aliphatic carbocycles. The van der Waals surface area contributed by atoms with Crippen molar-refractivity contribution in [2.75, 3.05) is 31.6 Å². The lowest BCUT2D eigenvalue weighted by Gasteiger charge is -2.19. The van der Waals surface area contributed by atoms with Gasteiger partial charge in [0.25, 0.3) is 5.91 Å². The van der Waals surface area contributed by atoms with E-state index in [1.165, 1.54) is 6.26 Å². The van der Waals surface area contributed by atoms with E-state index in [0.29, 0.717) is 24.0 Å². The summed E-state index contributed by atoms with van der Waals surface area (Å²) >= 11 is 1.70. The lowest BCUT2D eigenvalue weighted by atomic mass is 9.98. The molecule has 1 aliphatic rings. The average Bonchev–Trinajstić information content (AvgIpc) is 2.89. The molecule has 1 aliphatic heterocycles. The Balaban J connectivity index is 1.90. The third-order valence-corrected chi connectivity index (χ3v) is 3.65.